The van der Waals surface area contributed by atoms with Gasteiger partial charge in [-0.05, 0) is 43.5 Å². The van der Waals surface area contributed by atoms with Gasteiger partial charge in [-0.25, -0.2) is 0 Å². The Morgan fingerprint density at radius 1 is 1.28 bits per heavy atom. The van der Waals surface area contributed by atoms with Gasteiger partial charge in [0.25, 0.3) is 0 Å². The highest BCUT2D eigenvalue weighted by molar-refractivity contribution is 6.23. The summed E-state index contributed by atoms with van der Waals surface area (Å²) < 4.78 is 0. The molecule has 0 aromatic heterocycles. The SMILES string of the molecule is CC(=O)/C(=C\c1ccc(C#N)cc1)C(=O)C1CC1. The molecule has 2 rings (SSSR count). The number of Topliss-reactive ketones (excluding diaryl/α,β-unsaturated/α-hetero) is 2. The molecule has 3 heteroatoms. The minimum atomic E-state index is -0.198. The second kappa shape index (κ2) is 4.97. The molecular formula is C15H13NO2. The first-order chi connectivity index (χ1) is 8.61. The molecule has 0 radical (unpaired) electrons. The molecule has 0 spiro atoms. The van der Waals surface area contributed by atoms with Crippen LogP contribution in [0.5, 0.6) is 0 Å². The van der Waals surface area contributed by atoms with Crippen LogP contribution >= 0.6 is 0 Å². The number of hydrogen-bond acceptors (Lipinski definition) is 3. The summed E-state index contributed by atoms with van der Waals surface area (Å²) in [7, 11) is 0. The smallest absolute Gasteiger partial charge is 0.169 e. The van der Waals surface area contributed by atoms with Crippen molar-refractivity contribution >= 4 is 17.6 Å². The fraction of sp³-hybridized carbons (Fsp3) is 0.267. The fourth-order valence-corrected chi connectivity index (χ4v) is 1.73. The maximum atomic E-state index is 11.9. The van der Waals surface area contributed by atoms with Crippen LogP contribution < -0.4 is 0 Å². The van der Waals surface area contributed by atoms with Crippen LogP contribution in [0, 0.1) is 17.2 Å². The topological polar surface area (TPSA) is 57.9 Å². The number of ketones is 2. The van der Waals surface area contributed by atoms with E-state index in [0.29, 0.717) is 5.56 Å². The molecule has 1 aliphatic rings. The van der Waals surface area contributed by atoms with Gasteiger partial charge < -0.3 is 0 Å². The zero-order valence-corrected chi connectivity index (χ0v) is 10.1. The van der Waals surface area contributed by atoms with Crippen molar-refractivity contribution in [1.29, 1.82) is 5.26 Å². The highest BCUT2D eigenvalue weighted by Gasteiger charge is 2.33. The van der Waals surface area contributed by atoms with Crippen molar-refractivity contribution in [3.05, 3.63) is 41.0 Å². The first-order valence-electron chi connectivity index (χ1n) is 5.89. The molecule has 0 aliphatic heterocycles. The third kappa shape index (κ3) is 2.72. The molecule has 90 valence electrons. The quantitative estimate of drug-likeness (QED) is 0.461. The average molecular weight is 239 g/mol. The molecule has 1 aliphatic carbocycles. The van der Waals surface area contributed by atoms with Crippen LogP contribution in [0.1, 0.15) is 30.9 Å². The summed E-state index contributed by atoms with van der Waals surface area (Å²) in [6.07, 6.45) is 3.39. The molecule has 18 heavy (non-hydrogen) atoms. The Bertz CT molecular complexity index is 557. The van der Waals surface area contributed by atoms with E-state index in [2.05, 4.69) is 0 Å². The summed E-state index contributed by atoms with van der Waals surface area (Å²) in [6.45, 7) is 1.41. The number of carbonyl (C=O) groups is 2. The highest BCUT2D eigenvalue weighted by Crippen LogP contribution is 2.33. The molecule has 1 aromatic rings. The summed E-state index contributed by atoms with van der Waals surface area (Å²) in [4.78, 5) is 23.4. The predicted octanol–water partition coefficient (Wildman–Crippen LogP) is 2.51. The van der Waals surface area contributed by atoms with E-state index in [9.17, 15) is 9.59 Å². The molecule has 0 N–H and O–H groups in total. The third-order valence-electron chi connectivity index (χ3n) is 2.94. The minimum absolute atomic E-state index is 0.0403. The first-order valence-corrected chi connectivity index (χ1v) is 5.89. The van der Waals surface area contributed by atoms with Gasteiger partial charge in [0.05, 0.1) is 17.2 Å². The standard InChI is InChI=1S/C15H13NO2/c1-10(17)14(15(18)13-6-7-13)8-11-2-4-12(9-16)5-3-11/h2-5,8,13H,6-7H2,1H3/b14-8+. The number of nitriles is 1. The van der Waals surface area contributed by atoms with Crippen LogP contribution in [0.4, 0.5) is 0 Å². The van der Waals surface area contributed by atoms with Gasteiger partial charge in [0.2, 0.25) is 0 Å². The number of allylic oxidation sites excluding steroid dienone is 1. The Hall–Kier alpha value is -2.21. The summed E-state index contributed by atoms with van der Waals surface area (Å²) in [5, 5.41) is 8.69. The average Bonchev–Trinajstić information content (AvgIpc) is 3.19. The lowest BCUT2D eigenvalue weighted by Gasteiger charge is -2.02. The molecular weight excluding hydrogens is 226 g/mol. The Kier molecular flexibility index (Phi) is 3.38. The van der Waals surface area contributed by atoms with E-state index < -0.39 is 0 Å². The van der Waals surface area contributed by atoms with E-state index in [0.717, 1.165) is 18.4 Å². The Labute approximate surface area is 106 Å². The Morgan fingerprint density at radius 2 is 1.89 bits per heavy atom. The first kappa shape index (κ1) is 12.3. The second-order valence-corrected chi connectivity index (χ2v) is 4.49. The monoisotopic (exact) mass is 239 g/mol. The number of carbonyl (C=O) groups excluding carboxylic acids is 2. The molecule has 0 amide bonds. The maximum Gasteiger partial charge on any atom is 0.169 e. The third-order valence-corrected chi connectivity index (χ3v) is 2.94. The molecule has 1 aromatic carbocycles. The number of rotatable bonds is 4. The molecule has 0 bridgehead atoms. The second-order valence-electron chi connectivity index (χ2n) is 4.49. The van der Waals surface area contributed by atoms with E-state index in [1.54, 1.807) is 30.3 Å². The lowest BCUT2D eigenvalue weighted by Crippen LogP contribution is -2.11. The predicted molar refractivity (Wildman–Crippen MR) is 67.5 cm³/mol. The Balaban J connectivity index is 2.29. The van der Waals surface area contributed by atoms with Crippen molar-refractivity contribution in [3.63, 3.8) is 0 Å². The van der Waals surface area contributed by atoms with Crippen molar-refractivity contribution in [2.45, 2.75) is 19.8 Å². The van der Waals surface area contributed by atoms with Crippen LogP contribution in [0.2, 0.25) is 0 Å². The largest absolute Gasteiger partial charge is 0.294 e. The van der Waals surface area contributed by atoms with Crippen LogP contribution in [-0.2, 0) is 9.59 Å². The summed E-state index contributed by atoms with van der Waals surface area (Å²) >= 11 is 0. The van der Waals surface area contributed by atoms with Gasteiger partial charge in [0.15, 0.2) is 11.6 Å². The van der Waals surface area contributed by atoms with E-state index in [1.165, 1.54) is 6.92 Å². The van der Waals surface area contributed by atoms with Gasteiger partial charge in [-0.2, -0.15) is 5.26 Å². The molecule has 1 fully saturated rings. The van der Waals surface area contributed by atoms with Crippen molar-refractivity contribution in [1.82, 2.24) is 0 Å². The Morgan fingerprint density at radius 3 is 2.33 bits per heavy atom. The normalized spacial score (nSPS) is 15.0. The minimum Gasteiger partial charge on any atom is -0.294 e. The van der Waals surface area contributed by atoms with Crippen LogP contribution in [0.25, 0.3) is 6.08 Å². The van der Waals surface area contributed by atoms with E-state index in [4.69, 9.17) is 5.26 Å². The van der Waals surface area contributed by atoms with Gasteiger partial charge in [0, 0.05) is 5.92 Å². The van der Waals surface area contributed by atoms with Crippen LogP contribution in [0.15, 0.2) is 29.8 Å². The van der Waals surface area contributed by atoms with Gasteiger partial charge in [0.1, 0.15) is 0 Å². The summed E-state index contributed by atoms with van der Waals surface area (Å²) in [6, 6.07) is 8.85. The number of benzene rings is 1. The lowest BCUT2D eigenvalue weighted by molar-refractivity contribution is -0.121. The van der Waals surface area contributed by atoms with Crippen molar-refractivity contribution < 1.29 is 9.59 Å². The van der Waals surface area contributed by atoms with Gasteiger partial charge in [-0.1, -0.05) is 12.1 Å². The summed E-state index contributed by atoms with van der Waals surface area (Å²) in [5.41, 5.74) is 1.60. The summed E-state index contributed by atoms with van der Waals surface area (Å²) in [5.74, 6) is -0.207. The van der Waals surface area contributed by atoms with Crippen molar-refractivity contribution in [2.24, 2.45) is 5.92 Å². The van der Waals surface area contributed by atoms with Crippen molar-refractivity contribution in [2.75, 3.05) is 0 Å². The van der Waals surface area contributed by atoms with Crippen LogP contribution in [-0.4, -0.2) is 11.6 Å². The van der Waals surface area contributed by atoms with Crippen molar-refractivity contribution in [3.8, 4) is 6.07 Å². The molecule has 0 atom stereocenters. The fourth-order valence-electron chi connectivity index (χ4n) is 1.73. The van der Waals surface area contributed by atoms with E-state index in [-0.39, 0.29) is 23.1 Å². The van der Waals surface area contributed by atoms with E-state index in [1.807, 2.05) is 6.07 Å². The van der Waals surface area contributed by atoms with E-state index >= 15 is 0 Å². The number of nitrogens with zero attached hydrogens (tertiary/aromatic N) is 1. The highest BCUT2D eigenvalue weighted by atomic mass is 16.1. The zero-order valence-electron chi connectivity index (χ0n) is 10.1. The number of hydrogen-bond donors (Lipinski definition) is 0. The van der Waals surface area contributed by atoms with Crippen LogP contribution in [0.3, 0.4) is 0 Å². The maximum absolute atomic E-state index is 11.9. The molecule has 0 heterocycles. The molecule has 0 saturated heterocycles. The molecule has 0 unspecified atom stereocenters. The zero-order chi connectivity index (χ0) is 13.1. The van der Waals surface area contributed by atoms with Gasteiger partial charge >= 0.3 is 0 Å². The lowest BCUT2D eigenvalue weighted by atomic mass is 10.0. The van der Waals surface area contributed by atoms with Gasteiger partial charge in [-0.3, -0.25) is 9.59 Å². The molecule has 1 saturated carbocycles. The molecule has 3 nitrogen and oxygen atoms in total. The van der Waals surface area contributed by atoms with Gasteiger partial charge in [-0.15, -0.1) is 0 Å².